The molecule has 2 atom stereocenters. The predicted octanol–water partition coefficient (Wildman–Crippen LogP) is 0.0951. The molecular formula is C25H27KN4O5S. The van der Waals surface area contributed by atoms with E-state index >= 15 is 0 Å². The van der Waals surface area contributed by atoms with Crippen LogP contribution < -0.4 is 71.1 Å². The van der Waals surface area contributed by atoms with Crippen molar-refractivity contribution in [3.63, 3.8) is 0 Å². The van der Waals surface area contributed by atoms with E-state index in [4.69, 9.17) is 9.47 Å². The van der Waals surface area contributed by atoms with Gasteiger partial charge in [-0.15, -0.1) is 0 Å². The molecule has 184 valence electrons. The van der Waals surface area contributed by atoms with Crippen molar-refractivity contribution >= 4 is 22.9 Å². The molecule has 1 aromatic heterocycles. The zero-order chi connectivity index (χ0) is 24.6. The third-order valence-corrected chi connectivity index (χ3v) is 6.23. The quantitative estimate of drug-likeness (QED) is 0.303. The predicted molar refractivity (Wildman–Crippen MR) is 130 cm³/mol. The van der Waals surface area contributed by atoms with E-state index in [1.54, 1.807) is 12.1 Å². The van der Waals surface area contributed by atoms with Crippen LogP contribution in [0.2, 0.25) is 0 Å². The van der Waals surface area contributed by atoms with Crippen LogP contribution in [0.1, 0.15) is 35.7 Å². The first-order valence-electron chi connectivity index (χ1n) is 11.5. The molecule has 1 saturated heterocycles. The molecule has 0 radical (unpaired) electrons. The van der Waals surface area contributed by atoms with Gasteiger partial charge < -0.3 is 24.2 Å². The van der Waals surface area contributed by atoms with Gasteiger partial charge in [0.1, 0.15) is 6.10 Å². The number of piperidine rings is 1. The van der Waals surface area contributed by atoms with Gasteiger partial charge in [0.05, 0.1) is 18.7 Å². The molecule has 36 heavy (non-hydrogen) atoms. The zero-order valence-electron chi connectivity index (χ0n) is 20.4. The van der Waals surface area contributed by atoms with Gasteiger partial charge in [-0.1, -0.05) is 24.3 Å². The van der Waals surface area contributed by atoms with Gasteiger partial charge in [0, 0.05) is 30.4 Å². The molecule has 4 rings (SSSR count). The Kier molecular flexibility index (Phi) is 11.3. The van der Waals surface area contributed by atoms with Crippen LogP contribution in [-0.4, -0.2) is 50.4 Å². The Bertz CT molecular complexity index is 1160. The Hall–Kier alpha value is -1.86. The molecule has 1 amide bonds. The largest absolute Gasteiger partial charge is 1.00 e. The van der Waals surface area contributed by atoms with E-state index in [0.717, 1.165) is 36.4 Å². The van der Waals surface area contributed by atoms with E-state index in [-0.39, 0.29) is 74.8 Å². The second-order valence-corrected chi connectivity index (χ2v) is 8.98. The summed E-state index contributed by atoms with van der Waals surface area (Å²) >= 11 is -2.27. The molecule has 0 spiro atoms. The van der Waals surface area contributed by atoms with Crippen LogP contribution in [0, 0.1) is 0 Å². The van der Waals surface area contributed by atoms with Crippen molar-refractivity contribution in [1.82, 2.24) is 15.3 Å². The van der Waals surface area contributed by atoms with E-state index in [1.807, 2.05) is 31.2 Å². The molecule has 2 aromatic carbocycles. The van der Waals surface area contributed by atoms with Crippen LogP contribution in [0.15, 0.2) is 65.8 Å². The Balaban J connectivity index is 0.00000361. The van der Waals surface area contributed by atoms with E-state index in [0.29, 0.717) is 24.7 Å². The molecule has 1 unspecified atom stereocenters. The van der Waals surface area contributed by atoms with E-state index in [2.05, 4.69) is 20.2 Å². The molecule has 1 fully saturated rings. The number of amides is 1. The molecule has 0 aliphatic carbocycles. The van der Waals surface area contributed by atoms with Crippen molar-refractivity contribution in [1.29, 1.82) is 0 Å². The van der Waals surface area contributed by atoms with Crippen molar-refractivity contribution in [2.45, 2.75) is 37.3 Å². The minimum Gasteiger partial charge on any atom is -0.768 e. The number of anilines is 1. The van der Waals surface area contributed by atoms with Crippen molar-refractivity contribution in [3.05, 3.63) is 72.1 Å². The van der Waals surface area contributed by atoms with Gasteiger partial charge in [0.2, 0.25) is 5.95 Å². The van der Waals surface area contributed by atoms with E-state index in [1.165, 1.54) is 24.5 Å². The van der Waals surface area contributed by atoms with Gasteiger partial charge in [0.25, 0.3) is 5.91 Å². The minimum atomic E-state index is -2.27. The van der Waals surface area contributed by atoms with Crippen molar-refractivity contribution in [3.8, 4) is 11.5 Å². The van der Waals surface area contributed by atoms with E-state index < -0.39 is 11.1 Å². The summed E-state index contributed by atoms with van der Waals surface area (Å²) in [5.74, 6) is 1.70. The number of aromatic nitrogens is 2. The summed E-state index contributed by atoms with van der Waals surface area (Å²) in [5, 5.41) is 2.79. The number of para-hydroxylation sites is 2. The fourth-order valence-corrected chi connectivity index (χ4v) is 4.18. The van der Waals surface area contributed by atoms with Gasteiger partial charge in [-0.05, 0) is 60.7 Å². The second kappa shape index (κ2) is 14.2. The SMILES string of the molecule is CCOc1ccccc1O[C@@H]1CCCN(c2ncc(C(=O)NCc3ccc(S(=O)[O-])cc3)cn2)C1.[K+]. The number of carbonyl (C=O) groups is 1. The first kappa shape index (κ1) is 28.7. The average molecular weight is 535 g/mol. The summed E-state index contributed by atoms with van der Waals surface area (Å²) in [4.78, 5) is 23.6. The van der Waals surface area contributed by atoms with Crippen molar-refractivity contribution in [2.75, 3.05) is 24.6 Å². The Morgan fingerprint density at radius 1 is 1.14 bits per heavy atom. The number of hydrogen-bond donors (Lipinski definition) is 1. The van der Waals surface area contributed by atoms with Crippen LogP contribution in [0.5, 0.6) is 11.5 Å². The molecule has 1 aliphatic rings. The number of rotatable bonds is 9. The number of hydrogen-bond acceptors (Lipinski definition) is 8. The topological polar surface area (TPSA) is 117 Å². The van der Waals surface area contributed by atoms with Crippen molar-refractivity contribution < 1.29 is 74.4 Å². The summed E-state index contributed by atoms with van der Waals surface area (Å²) < 4.78 is 33.8. The van der Waals surface area contributed by atoms with Crippen LogP contribution in [0.3, 0.4) is 0 Å². The number of benzene rings is 2. The summed E-state index contributed by atoms with van der Waals surface area (Å²) in [6, 6.07) is 14.0. The number of nitrogens with one attached hydrogen (secondary N) is 1. The molecule has 0 bridgehead atoms. The first-order chi connectivity index (χ1) is 17.0. The Morgan fingerprint density at radius 2 is 1.83 bits per heavy atom. The summed E-state index contributed by atoms with van der Waals surface area (Å²) in [7, 11) is 0. The summed E-state index contributed by atoms with van der Waals surface area (Å²) in [6.07, 6.45) is 4.85. The zero-order valence-corrected chi connectivity index (χ0v) is 24.3. The summed E-state index contributed by atoms with van der Waals surface area (Å²) in [5.41, 5.74) is 1.14. The Morgan fingerprint density at radius 3 is 2.50 bits per heavy atom. The minimum absolute atomic E-state index is 0. The molecule has 9 nitrogen and oxygen atoms in total. The molecule has 1 N–H and O–H groups in total. The third kappa shape index (κ3) is 7.82. The number of ether oxygens (including phenoxy) is 2. The molecule has 0 saturated carbocycles. The van der Waals surface area contributed by atoms with Gasteiger partial charge in [-0.2, -0.15) is 0 Å². The number of nitrogens with zero attached hydrogens (tertiary/aromatic N) is 3. The number of carbonyl (C=O) groups excluding carboxylic acids is 1. The first-order valence-corrected chi connectivity index (χ1v) is 12.5. The Labute approximate surface area is 255 Å². The second-order valence-electron chi connectivity index (χ2n) is 8.04. The van der Waals surface area contributed by atoms with Crippen LogP contribution >= 0.6 is 0 Å². The smallest absolute Gasteiger partial charge is 0.768 e. The third-order valence-electron chi connectivity index (χ3n) is 5.57. The molecule has 2 heterocycles. The molecule has 1 aliphatic heterocycles. The van der Waals surface area contributed by atoms with Gasteiger partial charge in [-0.25, -0.2) is 9.97 Å². The van der Waals surface area contributed by atoms with Crippen LogP contribution in [-0.2, 0) is 17.6 Å². The molecule has 3 aromatic rings. The van der Waals surface area contributed by atoms with Gasteiger partial charge >= 0.3 is 51.4 Å². The fraction of sp³-hybridized carbons (Fsp3) is 0.320. The average Bonchev–Trinajstić information content (AvgIpc) is 2.89. The molecular weight excluding hydrogens is 507 g/mol. The van der Waals surface area contributed by atoms with E-state index in [9.17, 15) is 13.6 Å². The molecule has 11 heteroatoms. The van der Waals surface area contributed by atoms with Crippen LogP contribution in [0.25, 0.3) is 0 Å². The van der Waals surface area contributed by atoms with Crippen LogP contribution in [0.4, 0.5) is 5.95 Å². The van der Waals surface area contributed by atoms with Gasteiger partial charge in [0.15, 0.2) is 11.5 Å². The maximum atomic E-state index is 12.5. The monoisotopic (exact) mass is 534 g/mol. The van der Waals surface area contributed by atoms with Gasteiger partial charge in [-0.3, -0.25) is 9.00 Å². The standard InChI is InChI=1S/C25H28N4O5S.K/c1-2-33-22-7-3-4-8-23(22)34-20-6-5-13-29(17-20)25-27-15-19(16-28-25)24(30)26-14-18-9-11-21(12-10-18)35(31)32;/h3-4,7-12,15-16,20H,2,5-6,13-14,17H2,1H3,(H,26,30)(H,31,32);/q;+1/p-1/t20-;/m1./s1. The maximum Gasteiger partial charge on any atom is 1.00 e. The normalized spacial score (nSPS) is 15.9. The maximum absolute atomic E-state index is 12.5. The summed E-state index contributed by atoms with van der Waals surface area (Å²) in [6.45, 7) is 4.22. The van der Waals surface area contributed by atoms with Crippen molar-refractivity contribution in [2.24, 2.45) is 0 Å². The fourth-order valence-electron chi connectivity index (χ4n) is 3.82.